The minimum absolute atomic E-state index is 0.255. The van der Waals surface area contributed by atoms with Gasteiger partial charge in [-0.25, -0.2) is 4.39 Å². The summed E-state index contributed by atoms with van der Waals surface area (Å²) >= 11 is 0. The van der Waals surface area contributed by atoms with Crippen molar-refractivity contribution in [1.82, 2.24) is 5.16 Å². The molecule has 0 saturated carbocycles. The lowest BCUT2D eigenvalue weighted by Crippen LogP contribution is -2.10. The van der Waals surface area contributed by atoms with Crippen molar-refractivity contribution < 1.29 is 8.91 Å². The molecule has 3 nitrogen and oxygen atoms in total. The van der Waals surface area contributed by atoms with Gasteiger partial charge in [0.1, 0.15) is 5.69 Å². The topological polar surface area (TPSA) is 52.0 Å². The molecular formula is C10H11FN2O. The molecule has 0 unspecified atom stereocenters. The Hall–Kier alpha value is -1.58. The lowest BCUT2D eigenvalue weighted by molar-refractivity contribution is 0.207. The van der Waals surface area contributed by atoms with Crippen molar-refractivity contribution in [2.75, 3.05) is 5.73 Å². The largest absolute Gasteiger partial charge is 0.398 e. The van der Waals surface area contributed by atoms with E-state index in [2.05, 4.69) is 5.16 Å². The Labute approximate surface area is 80.7 Å². The Morgan fingerprint density at radius 2 is 2.14 bits per heavy atom. The molecule has 0 fully saturated rings. The summed E-state index contributed by atoms with van der Waals surface area (Å²) in [6.07, 6.45) is 0. The maximum absolute atomic E-state index is 13.7. The SMILES string of the molecule is CC(C)(F)c1noc2cccc(N)c12. The van der Waals surface area contributed by atoms with Crippen molar-refractivity contribution in [1.29, 1.82) is 0 Å². The van der Waals surface area contributed by atoms with Crippen LogP contribution in [0.25, 0.3) is 11.0 Å². The smallest absolute Gasteiger partial charge is 0.169 e. The highest BCUT2D eigenvalue weighted by Crippen LogP contribution is 2.33. The molecule has 0 aliphatic rings. The summed E-state index contributed by atoms with van der Waals surface area (Å²) in [7, 11) is 0. The number of rotatable bonds is 1. The van der Waals surface area contributed by atoms with Crippen LogP contribution in [0.3, 0.4) is 0 Å². The standard InChI is InChI=1S/C10H11FN2O/c1-10(2,11)9-8-6(12)4-3-5-7(8)14-13-9/h3-5H,12H2,1-2H3. The molecule has 0 bridgehead atoms. The fourth-order valence-electron chi connectivity index (χ4n) is 1.42. The minimum Gasteiger partial charge on any atom is -0.398 e. The van der Waals surface area contributed by atoms with Crippen LogP contribution >= 0.6 is 0 Å². The number of anilines is 1. The predicted molar refractivity (Wildman–Crippen MR) is 52.6 cm³/mol. The number of fused-ring (bicyclic) bond motifs is 1. The second-order valence-corrected chi connectivity index (χ2v) is 3.72. The molecule has 14 heavy (non-hydrogen) atoms. The Balaban J connectivity index is 2.80. The molecule has 2 N–H and O–H groups in total. The van der Waals surface area contributed by atoms with Crippen LogP contribution in [0.4, 0.5) is 10.1 Å². The van der Waals surface area contributed by atoms with Crippen molar-refractivity contribution in [2.24, 2.45) is 0 Å². The van der Waals surface area contributed by atoms with Crippen LogP contribution in [-0.2, 0) is 5.67 Å². The highest BCUT2D eigenvalue weighted by molar-refractivity contribution is 5.91. The molecule has 4 heteroatoms. The molecule has 0 radical (unpaired) electrons. The maximum Gasteiger partial charge on any atom is 0.169 e. The van der Waals surface area contributed by atoms with Crippen LogP contribution < -0.4 is 5.73 Å². The summed E-state index contributed by atoms with van der Waals surface area (Å²) in [5.41, 5.74) is 5.46. The molecule has 0 amide bonds. The van der Waals surface area contributed by atoms with Crippen molar-refractivity contribution >= 4 is 16.7 Å². The van der Waals surface area contributed by atoms with Gasteiger partial charge in [-0.2, -0.15) is 0 Å². The first kappa shape index (κ1) is 8.99. The molecule has 1 aromatic heterocycles. The van der Waals surface area contributed by atoms with Crippen molar-refractivity contribution in [2.45, 2.75) is 19.5 Å². The Morgan fingerprint density at radius 1 is 1.43 bits per heavy atom. The van der Waals surface area contributed by atoms with Gasteiger partial charge in [-0.05, 0) is 26.0 Å². The van der Waals surface area contributed by atoms with E-state index in [-0.39, 0.29) is 5.69 Å². The van der Waals surface area contributed by atoms with E-state index in [1.165, 1.54) is 13.8 Å². The van der Waals surface area contributed by atoms with Gasteiger partial charge in [-0.15, -0.1) is 0 Å². The van der Waals surface area contributed by atoms with E-state index in [1.807, 2.05) is 0 Å². The maximum atomic E-state index is 13.7. The zero-order valence-corrected chi connectivity index (χ0v) is 8.04. The molecule has 1 heterocycles. The first-order valence-electron chi connectivity index (χ1n) is 4.33. The molecule has 1 aromatic carbocycles. The van der Waals surface area contributed by atoms with E-state index in [0.717, 1.165) is 0 Å². The lowest BCUT2D eigenvalue weighted by atomic mass is 10.0. The van der Waals surface area contributed by atoms with Crippen molar-refractivity contribution in [3.63, 3.8) is 0 Å². The number of hydrogen-bond donors (Lipinski definition) is 1. The van der Waals surface area contributed by atoms with Gasteiger partial charge in [0, 0.05) is 5.69 Å². The molecule has 0 spiro atoms. The van der Waals surface area contributed by atoms with Crippen molar-refractivity contribution in [3.8, 4) is 0 Å². The highest BCUT2D eigenvalue weighted by atomic mass is 19.1. The summed E-state index contributed by atoms with van der Waals surface area (Å²) in [5.74, 6) is 0. The molecule has 2 rings (SSSR count). The normalized spacial score (nSPS) is 12.2. The van der Waals surface area contributed by atoms with Crippen LogP contribution in [0.1, 0.15) is 19.5 Å². The number of hydrogen-bond acceptors (Lipinski definition) is 3. The fourth-order valence-corrected chi connectivity index (χ4v) is 1.42. The lowest BCUT2D eigenvalue weighted by Gasteiger charge is -2.10. The van der Waals surface area contributed by atoms with E-state index in [0.29, 0.717) is 16.7 Å². The third kappa shape index (κ3) is 1.23. The molecule has 0 aliphatic carbocycles. The number of benzene rings is 1. The van der Waals surface area contributed by atoms with Crippen LogP contribution in [0.15, 0.2) is 22.7 Å². The number of nitrogen functional groups attached to an aromatic ring is 1. The van der Waals surface area contributed by atoms with Crippen LogP contribution in [-0.4, -0.2) is 5.16 Å². The van der Waals surface area contributed by atoms with E-state index in [1.54, 1.807) is 18.2 Å². The molecule has 0 saturated heterocycles. The van der Waals surface area contributed by atoms with Crippen molar-refractivity contribution in [3.05, 3.63) is 23.9 Å². The van der Waals surface area contributed by atoms with Gasteiger partial charge in [-0.3, -0.25) is 0 Å². The monoisotopic (exact) mass is 194 g/mol. The molecule has 0 aliphatic heterocycles. The second-order valence-electron chi connectivity index (χ2n) is 3.72. The number of nitrogens with zero attached hydrogens (tertiary/aromatic N) is 1. The van der Waals surface area contributed by atoms with Crippen LogP contribution in [0.5, 0.6) is 0 Å². The third-order valence-corrected chi connectivity index (χ3v) is 2.09. The van der Waals surface area contributed by atoms with Crippen LogP contribution in [0, 0.1) is 0 Å². The zero-order chi connectivity index (χ0) is 10.3. The predicted octanol–water partition coefficient (Wildman–Crippen LogP) is 2.61. The van der Waals surface area contributed by atoms with Crippen LogP contribution in [0.2, 0.25) is 0 Å². The average Bonchev–Trinajstić information content (AvgIpc) is 2.47. The van der Waals surface area contributed by atoms with Gasteiger partial charge < -0.3 is 10.3 Å². The Kier molecular flexibility index (Phi) is 1.74. The van der Waals surface area contributed by atoms with E-state index >= 15 is 0 Å². The molecule has 2 aromatic rings. The number of aromatic nitrogens is 1. The summed E-state index contributed by atoms with van der Waals surface area (Å²) in [6, 6.07) is 5.17. The first-order chi connectivity index (χ1) is 6.50. The number of nitrogens with two attached hydrogens (primary N) is 1. The summed E-state index contributed by atoms with van der Waals surface area (Å²) < 4.78 is 18.7. The van der Waals surface area contributed by atoms with Gasteiger partial charge in [0.05, 0.1) is 5.39 Å². The van der Waals surface area contributed by atoms with Gasteiger partial charge in [0.15, 0.2) is 11.3 Å². The summed E-state index contributed by atoms with van der Waals surface area (Å²) in [6.45, 7) is 2.85. The number of halogens is 1. The first-order valence-corrected chi connectivity index (χ1v) is 4.33. The minimum atomic E-state index is -1.54. The quantitative estimate of drug-likeness (QED) is 0.710. The van der Waals surface area contributed by atoms with Gasteiger partial charge >= 0.3 is 0 Å². The van der Waals surface area contributed by atoms with E-state index in [9.17, 15) is 4.39 Å². The summed E-state index contributed by atoms with van der Waals surface area (Å²) in [5, 5.41) is 4.27. The zero-order valence-electron chi connectivity index (χ0n) is 8.04. The van der Waals surface area contributed by atoms with Gasteiger partial charge in [0.25, 0.3) is 0 Å². The summed E-state index contributed by atoms with van der Waals surface area (Å²) in [4.78, 5) is 0. The van der Waals surface area contributed by atoms with Gasteiger partial charge in [-0.1, -0.05) is 11.2 Å². The Morgan fingerprint density at radius 3 is 2.79 bits per heavy atom. The van der Waals surface area contributed by atoms with E-state index < -0.39 is 5.67 Å². The second kappa shape index (κ2) is 2.70. The fraction of sp³-hybridized carbons (Fsp3) is 0.300. The number of alkyl halides is 1. The third-order valence-electron chi connectivity index (χ3n) is 2.09. The highest BCUT2D eigenvalue weighted by Gasteiger charge is 2.27. The molecular weight excluding hydrogens is 183 g/mol. The average molecular weight is 194 g/mol. The Bertz CT molecular complexity index is 470. The molecule has 74 valence electrons. The van der Waals surface area contributed by atoms with Gasteiger partial charge in [0.2, 0.25) is 0 Å². The molecule has 0 atom stereocenters. The van der Waals surface area contributed by atoms with E-state index in [4.69, 9.17) is 10.3 Å².